The van der Waals surface area contributed by atoms with Crippen LogP contribution in [0.4, 0.5) is 0 Å². The third-order valence-electron chi connectivity index (χ3n) is 2.92. The lowest BCUT2D eigenvalue weighted by Gasteiger charge is -2.26. The normalized spacial score (nSPS) is 11.9. The molecular formula is C16H26ClNO. The van der Waals surface area contributed by atoms with E-state index in [0.29, 0.717) is 12.5 Å². The van der Waals surface area contributed by atoms with Gasteiger partial charge in [-0.1, -0.05) is 45.4 Å². The molecule has 0 spiro atoms. The first-order valence-electron chi connectivity index (χ1n) is 6.90. The van der Waals surface area contributed by atoms with E-state index in [1.54, 1.807) is 0 Å². The van der Waals surface area contributed by atoms with Crippen LogP contribution in [0, 0.1) is 18.3 Å². The molecule has 0 atom stereocenters. The summed E-state index contributed by atoms with van der Waals surface area (Å²) < 4.78 is 5.92. The molecule has 0 aliphatic rings. The van der Waals surface area contributed by atoms with Gasteiger partial charge in [-0.25, -0.2) is 0 Å². The number of hydrogen-bond acceptors (Lipinski definition) is 2. The second-order valence-corrected chi connectivity index (χ2v) is 6.82. The van der Waals surface area contributed by atoms with Gasteiger partial charge in [0.1, 0.15) is 5.75 Å². The van der Waals surface area contributed by atoms with Crippen LogP contribution in [0.3, 0.4) is 0 Å². The second kappa shape index (κ2) is 7.16. The summed E-state index contributed by atoms with van der Waals surface area (Å²) in [4.78, 5) is 0. The van der Waals surface area contributed by atoms with Crippen molar-refractivity contribution in [3.05, 3.63) is 28.8 Å². The van der Waals surface area contributed by atoms with Gasteiger partial charge in [-0.3, -0.25) is 0 Å². The molecule has 1 N–H and O–H groups in total. The predicted octanol–water partition coefficient (Wildman–Crippen LogP) is 4.30. The molecule has 0 unspecified atom stereocenters. The Morgan fingerprint density at radius 2 is 2.00 bits per heavy atom. The molecule has 0 aromatic heterocycles. The molecule has 0 saturated carbocycles. The van der Waals surface area contributed by atoms with Crippen molar-refractivity contribution in [1.29, 1.82) is 0 Å². The van der Waals surface area contributed by atoms with Crippen molar-refractivity contribution in [2.75, 3.05) is 19.7 Å². The molecule has 0 aliphatic heterocycles. The van der Waals surface area contributed by atoms with E-state index in [2.05, 4.69) is 33.0 Å². The highest BCUT2D eigenvalue weighted by Crippen LogP contribution is 2.25. The highest BCUT2D eigenvalue weighted by atomic mass is 35.5. The Labute approximate surface area is 122 Å². The smallest absolute Gasteiger partial charge is 0.123 e. The fourth-order valence-electron chi connectivity index (χ4n) is 1.75. The molecule has 0 amide bonds. The summed E-state index contributed by atoms with van der Waals surface area (Å²) in [7, 11) is 0. The number of ether oxygens (including phenoxy) is 1. The van der Waals surface area contributed by atoms with Crippen LogP contribution in [0.2, 0.25) is 5.02 Å². The van der Waals surface area contributed by atoms with Gasteiger partial charge >= 0.3 is 0 Å². The van der Waals surface area contributed by atoms with Crippen molar-refractivity contribution in [2.24, 2.45) is 11.3 Å². The maximum atomic E-state index is 5.99. The zero-order valence-electron chi connectivity index (χ0n) is 12.7. The second-order valence-electron chi connectivity index (χ2n) is 6.39. The molecule has 0 aliphatic carbocycles. The van der Waals surface area contributed by atoms with Crippen LogP contribution in [-0.2, 0) is 0 Å². The van der Waals surface area contributed by atoms with Crippen molar-refractivity contribution in [3.8, 4) is 5.75 Å². The molecule has 0 fully saturated rings. The molecule has 19 heavy (non-hydrogen) atoms. The van der Waals surface area contributed by atoms with Gasteiger partial charge in [-0.05, 0) is 37.1 Å². The number of rotatable bonds is 7. The van der Waals surface area contributed by atoms with Crippen LogP contribution >= 0.6 is 11.6 Å². The van der Waals surface area contributed by atoms with Crippen molar-refractivity contribution >= 4 is 11.6 Å². The molecule has 1 aromatic rings. The summed E-state index contributed by atoms with van der Waals surface area (Å²) in [5.41, 5.74) is 1.22. The van der Waals surface area contributed by atoms with Gasteiger partial charge in [0.05, 0.1) is 6.61 Å². The van der Waals surface area contributed by atoms with Gasteiger partial charge in [-0.2, -0.15) is 0 Å². The first-order chi connectivity index (χ1) is 8.80. The lowest BCUT2D eigenvalue weighted by atomic mass is 9.94. The highest BCUT2D eigenvalue weighted by molar-refractivity contribution is 6.30. The zero-order valence-corrected chi connectivity index (χ0v) is 13.5. The van der Waals surface area contributed by atoms with Crippen LogP contribution in [-0.4, -0.2) is 19.7 Å². The molecular weight excluding hydrogens is 258 g/mol. The van der Waals surface area contributed by atoms with E-state index in [4.69, 9.17) is 16.3 Å². The van der Waals surface area contributed by atoms with Gasteiger partial charge < -0.3 is 10.1 Å². The van der Waals surface area contributed by atoms with Crippen molar-refractivity contribution in [3.63, 3.8) is 0 Å². The Hall–Kier alpha value is -0.730. The molecule has 0 radical (unpaired) electrons. The minimum absolute atomic E-state index is 0.101. The predicted molar refractivity (Wildman–Crippen MR) is 83.2 cm³/mol. The molecule has 108 valence electrons. The summed E-state index contributed by atoms with van der Waals surface area (Å²) in [5, 5.41) is 4.20. The minimum atomic E-state index is 0.101. The van der Waals surface area contributed by atoms with Gasteiger partial charge in [0.25, 0.3) is 0 Å². The molecule has 2 nitrogen and oxygen atoms in total. The summed E-state index contributed by atoms with van der Waals surface area (Å²) in [6.07, 6.45) is 0. The van der Waals surface area contributed by atoms with Crippen LogP contribution in [0.1, 0.15) is 33.3 Å². The Morgan fingerprint density at radius 1 is 1.32 bits per heavy atom. The molecule has 0 bridgehead atoms. The molecule has 1 rings (SSSR count). The van der Waals surface area contributed by atoms with Gasteiger partial charge in [0.2, 0.25) is 0 Å². The van der Waals surface area contributed by atoms with E-state index in [-0.39, 0.29) is 5.41 Å². The summed E-state index contributed by atoms with van der Waals surface area (Å²) >= 11 is 5.99. The van der Waals surface area contributed by atoms with Crippen LogP contribution in [0.5, 0.6) is 5.75 Å². The summed E-state index contributed by atoms with van der Waals surface area (Å²) in [6, 6.07) is 5.76. The lowest BCUT2D eigenvalue weighted by Crippen LogP contribution is -2.35. The summed E-state index contributed by atoms with van der Waals surface area (Å²) in [6.45, 7) is 13.6. The molecule has 3 heteroatoms. The third-order valence-corrected chi connectivity index (χ3v) is 3.16. The SMILES string of the molecule is Cc1ccc(Cl)cc1OCC(C)(C)CNCC(C)C. The number of nitrogens with one attached hydrogen (secondary N) is 1. The van der Waals surface area contributed by atoms with E-state index in [0.717, 1.165) is 29.4 Å². The average molecular weight is 284 g/mol. The largest absolute Gasteiger partial charge is 0.493 e. The third kappa shape index (κ3) is 6.31. The fraction of sp³-hybridized carbons (Fsp3) is 0.625. The Bertz CT molecular complexity index is 402. The average Bonchev–Trinajstić information content (AvgIpc) is 2.30. The van der Waals surface area contributed by atoms with Crippen LogP contribution in [0.15, 0.2) is 18.2 Å². The molecule has 0 heterocycles. The van der Waals surface area contributed by atoms with Crippen LogP contribution in [0.25, 0.3) is 0 Å². The Morgan fingerprint density at radius 3 is 2.63 bits per heavy atom. The van der Waals surface area contributed by atoms with Gasteiger partial charge in [0, 0.05) is 17.0 Å². The van der Waals surface area contributed by atoms with Crippen molar-refractivity contribution in [2.45, 2.75) is 34.6 Å². The molecule has 1 aromatic carbocycles. The summed E-state index contributed by atoms with van der Waals surface area (Å²) in [5.74, 6) is 1.55. The zero-order chi connectivity index (χ0) is 14.5. The lowest BCUT2D eigenvalue weighted by molar-refractivity contribution is 0.174. The van der Waals surface area contributed by atoms with E-state index >= 15 is 0 Å². The van der Waals surface area contributed by atoms with Crippen LogP contribution < -0.4 is 10.1 Å². The standard InChI is InChI=1S/C16H26ClNO/c1-12(2)9-18-10-16(4,5)11-19-15-8-14(17)7-6-13(15)3/h6-8,12,18H,9-11H2,1-5H3. The van der Waals surface area contributed by atoms with Crippen molar-refractivity contribution < 1.29 is 4.74 Å². The monoisotopic (exact) mass is 283 g/mol. The van der Waals surface area contributed by atoms with Crippen molar-refractivity contribution in [1.82, 2.24) is 5.32 Å². The van der Waals surface area contributed by atoms with Gasteiger partial charge in [0.15, 0.2) is 0 Å². The fourth-order valence-corrected chi connectivity index (χ4v) is 1.91. The molecule has 0 saturated heterocycles. The topological polar surface area (TPSA) is 21.3 Å². The van der Waals surface area contributed by atoms with E-state index in [1.165, 1.54) is 0 Å². The van der Waals surface area contributed by atoms with E-state index < -0.39 is 0 Å². The maximum absolute atomic E-state index is 5.99. The highest BCUT2D eigenvalue weighted by Gasteiger charge is 2.19. The first-order valence-corrected chi connectivity index (χ1v) is 7.27. The minimum Gasteiger partial charge on any atom is -0.493 e. The van der Waals surface area contributed by atoms with Gasteiger partial charge in [-0.15, -0.1) is 0 Å². The Balaban J connectivity index is 2.47. The Kier molecular flexibility index (Phi) is 6.15. The number of aryl methyl sites for hydroxylation is 1. The van der Waals surface area contributed by atoms with E-state index in [9.17, 15) is 0 Å². The quantitative estimate of drug-likeness (QED) is 0.806. The number of benzene rings is 1. The number of hydrogen-bond donors (Lipinski definition) is 1. The first kappa shape index (κ1) is 16.3. The van der Waals surface area contributed by atoms with E-state index in [1.807, 2.05) is 25.1 Å². The maximum Gasteiger partial charge on any atom is 0.123 e. The number of halogens is 1.